The van der Waals surface area contributed by atoms with E-state index in [0.717, 1.165) is 62.4 Å². The maximum atomic E-state index is 12.7. The van der Waals surface area contributed by atoms with Crippen molar-refractivity contribution in [2.24, 2.45) is 0 Å². The monoisotopic (exact) mass is 805 g/mol. The predicted molar refractivity (Wildman–Crippen MR) is 207 cm³/mol. The van der Waals surface area contributed by atoms with Crippen molar-refractivity contribution in [3.63, 3.8) is 0 Å². The fourth-order valence-corrected chi connectivity index (χ4v) is 8.36. The predicted octanol–water partition coefficient (Wildman–Crippen LogP) is 5.88. The summed E-state index contributed by atoms with van der Waals surface area (Å²) in [6, 6.07) is 15.4. The van der Waals surface area contributed by atoms with E-state index in [0.29, 0.717) is 45.2 Å². The van der Waals surface area contributed by atoms with Gasteiger partial charge in [0.2, 0.25) is 5.91 Å². The molecule has 11 nitrogen and oxygen atoms in total. The van der Waals surface area contributed by atoms with E-state index < -0.39 is 5.60 Å². The third-order valence-electron chi connectivity index (χ3n) is 9.91. The second kappa shape index (κ2) is 16.2. The van der Waals surface area contributed by atoms with Crippen LogP contribution in [0.2, 0.25) is 0 Å². The number of rotatable bonds is 11. The molecule has 6 rings (SSSR count). The molecule has 1 aromatic heterocycles. The number of aromatic nitrogens is 2. The van der Waals surface area contributed by atoms with Crippen LogP contribution in [0.4, 0.5) is 11.5 Å². The number of hydrogen-bond acceptors (Lipinski definition) is 10. The number of carbonyl (C=O) groups is 2. The average molecular weight is 806 g/mol. The maximum absolute atomic E-state index is 12.7. The lowest BCUT2D eigenvalue weighted by Gasteiger charge is -2.42. The lowest BCUT2D eigenvalue weighted by molar-refractivity contribution is -0.155. The van der Waals surface area contributed by atoms with Crippen LogP contribution < -0.4 is 14.5 Å². The molecule has 2 aromatic carbocycles. The number of esters is 1. The molecule has 1 amide bonds. The first-order chi connectivity index (χ1) is 24.5. The van der Waals surface area contributed by atoms with Gasteiger partial charge in [-0.15, -0.1) is 0 Å². The number of benzene rings is 2. The van der Waals surface area contributed by atoms with Gasteiger partial charge in [0.05, 0.1) is 30.8 Å². The normalized spacial score (nSPS) is 19.5. The van der Waals surface area contributed by atoms with Gasteiger partial charge in [-0.05, 0) is 106 Å². The minimum Gasteiger partial charge on any atom is -0.462 e. The Morgan fingerprint density at radius 1 is 1.08 bits per heavy atom. The number of carbonyl (C=O) groups excluding carboxylic acids is 2. The number of nitrogens with zero attached hydrogens (tertiary/aromatic N) is 7. The van der Waals surface area contributed by atoms with E-state index in [2.05, 4.69) is 86.3 Å². The Morgan fingerprint density at radius 2 is 1.88 bits per heavy atom. The zero-order chi connectivity index (χ0) is 36.1. The van der Waals surface area contributed by atoms with Gasteiger partial charge >= 0.3 is 12.0 Å². The van der Waals surface area contributed by atoms with E-state index in [-0.39, 0.29) is 30.4 Å². The summed E-state index contributed by atoms with van der Waals surface area (Å²) in [6.07, 6.45) is 5.52. The Kier molecular flexibility index (Phi) is 11.7. The summed E-state index contributed by atoms with van der Waals surface area (Å²) in [5.41, 5.74) is 2.74. The Hall–Kier alpha value is -3.96. The molecule has 3 aromatic rings. The van der Waals surface area contributed by atoms with E-state index in [9.17, 15) is 14.9 Å². The molecule has 270 valence electrons. The van der Waals surface area contributed by atoms with Gasteiger partial charge in [0.1, 0.15) is 18.0 Å². The van der Waals surface area contributed by atoms with Crippen LogP contribution in [0.3, 0.4) is 0 Å². The van der Waals surface area contributed by atoms with Crippen LogP contribution in [0.15, 0.2) is 49.1 Å². The zero-order valence-corrected chi connectivity index (χ0v) is 32.1. The van der Waals surface area contributed by atoms with Crippen molar-refractivity contribution in [3.05, 3.63) is 63.9 Å². The second-order valence-electron chi connectivity index (χ2n) is 14.6. The third kappa shape index (κ3) is 8.75. The van der Waals surface area contributed by atoms with Crippen molar-refractivity contribution in [2.45, 2.75) is 83.5 Å². The van der Waals surface area contributed by atoms with E-state index in [4.69, 9.17) is 19.4 Å². The van der Waals surface area contributed by atoms with Crippen LogP contribution in [0.5, 0.6) is 6.01 Å². The van der Waals surface area contributed by atoms with Crippen LogP contribution in [-0.2, 0) is 27.3 Å². The molecule has 0 aliphatic carbocycles. The first-order valence-electron chi connectivity index (χ1n) is 18.0. The van der Waals surface area contributed by atoms with Crippen LogP contribution in [0.25, 0.3) is 10.8 Å². The van der Waals surface area contributed by atoms with E-state index in [1.54, 1.807) is 4.90 Å². The Bertz CT molecular complexity index is 1800. The molecule has 0 saturated carbocycles. The van der Waals surface area contributed by atoms with E-state index in [1.165, 1.54) is 26.1 Å². The molecular formula is C39H48IN7O4. The standard InChI is InChI=1S/C39H48IN7O4/c1-5-34(48)47-23-22-46(24-28(47)16-18-41)37-30-17-21-45(33-14-7-11-27-10-6-13-31(40)36(27)33)25-32(30)42-38(43-37)50-26-29-12-8-19-44(29)20-9-15-35(49)51-39(2,3)4/h5-7,10-11,13-14,28-29H,1,8-9,12,15-17,19-26H2,2-4H3/t28-,29-/m0/s1. The minimum atomic E-state index is -0.480. The minimum absolute atomic E-state index is 0.156. The van der Waals surface area contributed by atoms with E-state index in [1.807, 2.05) is 20.8 Å². The molecule has 0 radical (unpaired) electrons. The number of hydrogen-bond donors (Lipinski definition) is 0. The molecule has 12 heteroatoms. The number of amides is 1. The summed E-state index contributed by atoms with van der Waals surface area (Å²) in [5, 5.41) is 12.1. The topological polar surface area (TPSA) is 115 Å². The van der Waals surface area contributed by atoms with Gasteiger partial charge < -0.3 is 24.2 Å². The number of ether oxygens (including phenoxy) is 2. The first kappa shape index (κ1) is 36.8. The van der Waals surface area contributed by atoms with Crippen LogP contribution in [0, 0.1) is 14.9 Å². The van der Waals surface area contributed by atoms with Crippen molar-refractivity contribution < 1.29 is 19.1 Å². The molecule has 0 N–H and O–H groups in total. The van der Waals surface area contributed by atoms with Gasteiger partial charge in [-0.3, -0.25) is 14.5 Å². The molecule has 3 aliphatic heterocycles. The summed E-state index contributed by atoms with van der Waals surface area (Å²) < 4.78 is 13.2. The highest BCUT2D eigenvalue weighted by Crippen LogP contribution is 2.36. The maximum Gasteiger partial charge on any atom is 0.318 e. The van der Waals surface area contributed by atoms with Gasteiger partial charge in [0, 0.05) is 58.8 Å². The number of piperazine rings is 1. The summed E-state index contributed by atoms with van der Waals surface area (Å²) in [4.78, 5) is 43.8. The number of nitriles is 1. The fourth-order valence-electron chi connectivity index (χ4n) is 7.56. The molecule has 2 atom stereocenters. The van der Waals surface area contributed by atoms with Crippen molar-refractivity contribution in [2.75, 3.05) is 55.7 Å². The summed E-state index contributed by atoms with van der Waals surface area (Å²) in [7, 11) is 0. The van der Waals surface area contributed by atoms with Crippen molar-refractivity contribution in [3.8, 4) is 12.1 Å². The van der Waals surface area contributed by atoms with Gasteiger partial charge in [-0.25, -0.2) is 0 Å². The smallest absolute Gasteiger partial charge is 0.318 e. The lowest BCUT2D eigenvalue weighted by Crippen LogP contribution is -2.55. The van der Waals surface area contributed by atoms with Crippen LogP contribution in [0.1, 0.15) is 64.1 Å². The first-order valence-corrected chi connectivity index (χ1v) is 19.1. The summed E-state index contributed by atoms with van der Waals surface area (Å²) >= 11 is 2.42. The Labute approximate surface area is 314 Å². The zero-order valence-electron chi connectivity index (χ0n) is 29.9. The molecule has 0 bridgehead atoms. The van der Waals surface area contributed by atoms with Crippen molar-refractivity contribution in [1.82, 2.24) is 19.8 Å². The molecule has 3 aliphatic rings. The van der Waals surface area contributed by atoms with Gasteiger partial charge in [-0.2, -0.15) is 15.2 Å². The van der Waals surface area contributed by atoms with Crippen LogP contribution >= 0.6 is 22.6 Å². The second-order valence-corrected chi connectivity index (χ2v) is 15.7. The van der Waals surface area contributed by atoms with Gasteiger partial charge in [0.15, 0.2) is 0 Å². The Balaban J connectivity index is 1.24. The largest absolute Gasteiger partial charge is 0.462 e. The SMILES string of the molecule is C=CC(=O)N1CCN(c2nc(OC[C@@H]3CCCN3CCCC(=O)OC(C)(C)C)nc3c2CCN(c2cccc4cccc(I)c24)C3)C[C@@H]1CC#N. The number of fused-ring (bicyclic) bond motifs is 2. The van der Waals surface area contributed by atoms with Crippen molar-refractivity contribution >= 4 is 56.7 Å². The Morgan fingerprint density at radius 3 is 2.65 bits per heavy atom. The molecule has 0 unspecified atom stereocenters. The number of halogens is 1. The molecular weight excluding hydrogens is 757 g/mol. The molecule has 2 fully saturated rings. The third-order valence-corrected chi connectivity index (χ3v) is 10.8. The van der Waals surface area contributed by atoms with Gasteiger partial charge in [0.25, 0.3) is 0 Å². The molecule has 51 heavy (non-hydrogen) atoms. The lowest BCUT2D eigenvalue weighted by atomic mass is 10.0. The number of likely N-dealkylation sites (tertiary alicyclic amines) is 1. The molecule has 2 saturated heterocycles. The fraction of sp³-hybridized carbons (Fsp3) is 0.513. The van der Waals surface area contributed by atoms with Gasteiger partial charge in [-0.1, -0.05) is 30.8 Å². The summed E-state index contributed by atoms with van der Waals surface area (Å²) in [5.74, 6) is 0.510. The number of anilines is 2. The average Bonchev–Trinajstić information content (AvgIpc) is 3.56. The molecule has 0 spiro atoms. The molecule has 4 heterocycles. The highest BCUT2D eigenvalue weighted by molar-refractivity contribution is 14.1. The highest BCUT2D eigenvalue weighted by atomic mass is 127. The highest BCUT2D eigenvalue weighted by Gasteiger charge is 2.34. The van der Waals surface area contributed by atoms with Crippen molar-refractivity contribution in [1.29, 1.82) is 5.26 Å². The quantitative estimate of drug-likeness (QED) is 0.132. The van der Waals surface area contributed by atoms with E-state index >= 15 is 0 Å². The summed E-state index contributed by atoms with van der Waals surface area (Å²) in [6.45, 7) is 14.6. The van der Waals surface area contributed by atoms with Crippen LogP contribution in [-0.4, -0.2) is 95.2 Å².